The highest BCUT2D eigenvalue weighted by molar-refractivity contribution is 7.15. The maximum Gasteiger partial charge on any atom is 0.185 e. The van der Waals surface area contributed by atoms with E-state index in [1.807, 2.05) is 23.5 Å². The van der Waals surface area contributed by atoms with Crippen LogP contribution in [0.1, 0.15) is 23.4 Å². The smallest absolute Gasteiger partial charge is 0.185 e. The van der Waals surface area contributed by atoms with Gasteiger partial charge in [-0.2, -0.15) is 4.52 Å². The Bertz CT molecular complexity index is 856. The maximum absolute atomic E-state index is 4.88. The Hall–Kier alpha value is -2.22. The van der Waals surface area contributed by atoms with E-state index in [1.54, 1.807) is 10.8 Å². The minimum absolute atomic E-state index is 0.496. The Morgan fingerprint density at radius 3 is 2.96 bits per heavy atom. The molecule has 3 aromatic heterocycles. The monoisotopic (exact) mass is 341 g/mol. The van der Waals surface area contributed by atoms with Crippen molar-refractivity contribution in [1.29, 1.82) is 0 Å². The van der Waals surface area contributed by atoms with E-state index in [4.69, 9.17) is 4.98 Å². The minimum Gasteiger partial charge on any atom is -0.351 e. The molecule has 4 heterocycles. The fourth-order valence-corrected chi connectivity index (χ4v) is 4.60. The summed E-state index contributed by atoms with van der Waals surface area (Å²) in [4.78, 5) is 11.0. The molecule has 7 nitrogen and oxygen atoms in total. The molecule has 0 amide bonds. The van der Waals surface area contributed by atoms with E-state index >= 15 is 0 Å². The van der Waals surface area contributed by atoms with Gasteiger partial charge in [0.15, 0.2) is 10.8 Å². The SMILES string of the molecule is CN(c1nc2c(s1)CCCC2)C1CN(c2ccc3nncn3n2)C1. The number of rotatable bonds is 3. The third-order valence-corrected chi connectivity index (χ3v) is 6.27. The number of nitrogens with zero attached hydrogens (tertiary/aromatic N) is 7. The lowest BCUT2D eigenvalue weighted by atomic mass is 10.0. The van der Waals surface area contributed by atoms with Gasteiger partial charge in [0.2, 0.25) is 0 Å². The number of fused-ring (bicyclic) bond motifs is 2. The minimum atomic E-state index is 0.496. The Morgan fingerprint density at radius 1 is 1.21 bits per heavy atom. The van der Waals surface area contributed by atoms with Crippen LogP contribution in [0.15, 0.2) is 18.5 Å². The molecule has 5 rings (SSSR count). The summed E-state index contributed by atoms with van der Waals surface area (Å²) in [6.45, 7) is 1.95. The second kappa shape index (κ2) is 5.41. The van der Waals surface area contributed by atoms with Gasteiger partial charge in [-0.1, -0.05) is 0 Å². The lowest BCUT2D eigenvalue weighted by Crippen LogP contribution is -2.59. The summed E-state index contributed by atoms with van der Waals surface area (Å²) in [5.41, 5.74) is 2.12. The van der Waals surface area contributed by atoms with E-state index in [1.165, 1.54) is 35.0 Å². The third-order valence-electron chi connectivity index (χ3n) is 5.02. The number of thiazole rings is 1. The molecule has 1 aliphatic heterocycles. The molecular weight excluding hydrogens is 322 g/mol. The van der Waals surface area contributed by atoms with Crippen LogP contribution in [-0.4, -0.2) is 51.0 Å². The lowest BCUT2D eigenvalue weighted by Gasteiger charge is -2.44. The van der Waals surface area contributed by atoms with Crippen LogP contribution in [0.4, 0.5) is 10.9 Å². The third kappa shape index (κ3) is 2.24. The van der Waals surface area contributed by atoms with Crippen molar-refractivity contribution >= 4 is 27.9 Å². The number of hydrogen-bond acceptors (Lipinski definition) is 7. The number of likely N-dealkylation sites (N-methyl/N-ethyl adjacent to an activating group) is 1. The van der Waals surface area contributed by atoms with Gasteiger partial charge in [-0.3, -0.25) is 0 Å². The molecule has 0 aromatic carbocycles. The van der Waals surface area contributed by atoms with Crippen molar-refractivity contribution in [2.45, 2.75) is 31.7 Å². The topological polar surface area (TPSA) is 62.5 Å². The van der Waals surface area contributed by atoms with Crippen LogP contribution in [0.5, 0.6) is 0 Å². The van der Waals surface area contributed by atoms with Gasteiger partial charge in [-0.25, -0.2) is 4.98 Å². The van der Waals surface area contributed by atoms with E-state index in [-0.39, 0.29) is 0 Å². The van der Waals surface area contributed by atoms with Crippen LogP contribution in [0.25, 0.3) is 5.65 Å². The van der Waals surface area contributed by atoms with E-state index in [0.717, 1.165) is 31.0 Å². The van der Waals surface area contributed by atoms with Gasteiger partial charge in [-0.05, 0) is 37.8 Å². The highest BCUT2D eigenvalue weighted by Crippen LogP contribution is 2.33. The van der Waals surface area contributed by atoms with E-state index in [2.05, 4.69) is 32.1 Å². The highest BCUT2D eigenvalue weighted by Gasteiger charge is 2.33. The van der Waals surface area contributed by atoms with Gasteiger partial charge >= 0.3 is 0 Å². The van der Waals surface area contributed by atoms with Crippen molar-refractivity contribution in [2.75, 3.05) is 29.9 Å². The molecule has 0 bridgehead atoms. The molecule has 0 unspecified atom stereocenters. The normalized spacial score (nSPS) is 17.8. The predicted octanol–water partition coefficient (Wildman–Crippen LogP) is 1.78. The van der Waals surface area contributed by atoms with Gasteiger partial charge in [0.1, 0.15) is 12.1 Å². The van der Waals surface area contributed by atoms with Crippen LogP contribution in [0.3, 0.4) is 0 Å². The fraction of sp³-hybridized carbons (Fsp3) is 0.500. The Kier molecular flexibility index (Phi) is 3.19. The van der Waals surface area contributed by atoms with Gasteiger partial charge in [0.05, 0.1) is 11.7 Å². The van der Waals surface area contributed by atoms with Crippen LogP contribution < -0.4 is 9.80 Å². The van der Waals surface area contributed by atoms with Crippen molar-refractivity contribution in [2.24, 2.45) is 0 Å². The first kappa shape index (κ1) is 14.2. The van der Waals surface area contributed by atoms with Gasteiger partial charge in [0, 0.05) is 25.0 Å². The number of hydrogen-bond donors (Lipinski definition) is 0. The molecule has 0 saturated carbocycles. The van der Waals surface area contributed by atoms with Crippen molar-refractivity contribution in [3.8, 4) is 0 Å². The second-order valence-corrected chi connectivity index (χ2v) is 7.63. The first-order chi connectivity index (χ1) is 11.8. The molecule has 3 aromatic rings. The van der Waals surface area contributed by atoms with Crippen LogP contribution in [0, 0.1) is 0 Å². The summed E-state index contributed by atoms with van der Waals surface area (Å²) in [5.74, 6) is 0.977. The molecule has 124 valence electrons. The zero-order valence-corrected chi connectivity index (χ0v) is 14.4. The summed E-state index contributed by atoms with van der Waals surface area (Å²) in [7, 11) is 2.17. The number of aryl methyl sites for hydroxylation is 2. The molecule has 0 atom stereocenters. The highest BCUT2D eigenvalue weighted by atomic mass is 32.1. The summed E-state index contributed by atoms with van der Waals surface area (Å²) in [5, 5.41) is 13.6. The Morgan fingerprint density at radius 2 is 2.08 bits per heavy atom. The quantitative estimate of drug-likeness (QED) is 0.724. The Labute approximate surface area is 143 Å². The molecule has 2 aliphatic rings. The molecule has 0 radical (unpaired) electrons. The molecule has 8 heteroatoms. The summed E-state index contributed by atoms with van der Waals surface area (Å²) >= 11 is 1.88. The molecule has 24 heavy (non-hydrogen) atoms. The lowest BCUT2D eigenvalue weighted by molar-refractivity contribution is 0.489. The van der Waals surface area contributed by atoms with E-state index in [9.17, 15) is 0 Å². The summed E-state index contributed by atoms with van der Waals surface area (Å²) in [6.07, 6.45) is 6.60. The summed E-state index contributed by atoms with van der Waals surface area (Å²) < 4.78 is 1.72. The van der Waals surface area contributed by atoms with Crippen molar-refractivity contribution < 1.29 is 0 Å². The van der Waals surface area contributed by atoms with Crippen molar-refractivity contribution in [3.63, 3.8) is 0 Å². The molecule has 0 N–H and O–H groups in total. The molecule has 1 aliphatic carbocycles. The fourth-order valence-electron chi connectivity index (χ4n) is 3.42. The molecule has 0 spiro atoms. The van der Waals surface area contributed by atoms with Crippen LogP contribution in [0.2, 0.25) is 0 Å². The zero-order chi connectivity index (χ0) is 16.1. The van der Waals surface area contributed by atoms with E-state index in [0.29, 0.717) is 6.04 Å². The molecule has 1 fully saturated rings. The zero-order valence-electron chi connectivity index (χ0n) is 13.6. The Balaban J connectivity index is 1.29. The molecular formula is C16H19N7S. The predicted molar refractivity (Wildman–Crippen MR) is 93.9 cm³/mol. The molecule has 1 saturated heterocycles. The standard InChI is InChI=1S/C16H19N7S/c1-21(16-18-12-4-2-3-5-13(12)24-16)11-8-22(9-11)15-7-6-14-19-17-10-23(14)20-15/h6-7,10-11H,2-5,8-9H2,1H3. The van der Waals surface area contributed by atoms with Crippen LogP contribution in [-0.2, 0) is 12.8 Å². The maximum atomic E-state index is 4.88. The first-order valence-corrected chi connectivity index (χ1v) is 9.23. The average Bonchev–Trinajstić information content (AvgIpc) is 3.19. The summed E-state index contributed by atoms with van der Waals surface area (Å²) in [6, 6.07) is 4.47. The van der Waals surface area contributed by atoms with Crippen molar-refractivity contribution in [3.05, 3.63) is 29.0 Å². The largest absolute Gasteiger partial charge is 0.351 e. The van der Waals surface area contributed by atoms with Gasteiger partial charge in [-0.15, -0.1) is 26.6 Å². The van der Waals surface area contributed by atoms with Gasteiger partial charge < -0.3 is 9.80 Å². The second-order valence-electron chi connectivity index (χ2n) is 6.57. The number of aromatic nitrogens is 5. The van der Waals surface area contributed by atoms with Crippen LogP contribution >= 0.6 is 11.3 Å². The van der Waals surface area contributed by atoms with E-state index < -0.39 is 0 Å². The number of anilines is 2. The van der Waals surface area contributed by atoms with Crippen molar-refractivity contribution in [1.82, 2.24) is 24.8 Å². The van der Waals surface area contributed by atoms with Gasteiger partial charge in [0.25, 0.3) is 0 Å². The average molecular weight is 341 g/mol. The first-order valence-electron chi connectivity index (χ1n) is 8.41.